The molecule has 0 atom stereocenters. The van der Waals surface area contributed by atoms with Crippen LogP contribution in [0.4, 0.5) is 0 Å². The molecule has 4 aromatic heterocycles. The highest BCUT2D eigenvalue weighted by Crippen LogP contribution is 2.39. The summed E-state index contributed by atoms with van der Waals surface area (Å²) < 4.78 is 6.89. The van der Waals surface area contributed by atoms with Gasteiger partial charge >= 0.3 is 0 Å². The first-order valence-corrected chi connectivity index (χ1v) is 17.7. The molecule has 0 saturated carbocycles. The lowest BCUT2D eigenvalue weighted by atomic mass is 10.1. The third kappa shape index (κ3) is 4.54. The highest BCUT2D eigenvalue weighted by Gasteiger charge is 2.22. The van der Waals surface area contributed by atoms with Crippen molar-refractivity contribution in [1.29, 1.82) is 0 Å². The van der Waals surface area contributed by atoms with E-state index in [-0.39, 0.29) is 0 Å². The van der Waals surface area contributed by atoms with Crippen molar-refractivity contribution in [2.45, 2.75) is 0 Å². The Kier molecular flexibility index (Phi) is 6.42. The lowest BCUT2D eigenvalue weighted by Gasteiger charge is -2.12. The predicted octanol–water partition coefficient (Wildman–Crippen LogP) is 10.7. The highest BCUT2D eigenvalue weighted by molar-refractivity contribution is 6.18. The lowest BCUT2D eigenvalue weighted by molar-refractivity contribution is 1.07. The van der Waals surface area contributed by atoms with Crippen LogP contribution in [0.25, 0.3) is 95.2 Å². The van der Waals surface area contributed by atoms with Gasteiger partial charge in [-0.1, -0.05) is 121 Å². The molecule has 53 heavy (non-hydrogen) atoms. The molecule has 0 saturated heterocycles. The third-order valence-corrected chi connectivity index (χ3v) is 10.1. The van der Waals surface area contributed by atoms with Gasteiger partial charge in [-0.3, -0.25) is 8.97 Å². The van der Waals surface area contributed by atoms with E-state index in [2.05, 4.69) is 123 Å². The maximum atomic E-state index is 5.48. The Labute approximate surface area is 303 Å². The van der Waals surface area contributed by atoms with Crippen LogP contribution in [-0.4, -0.2) is 33.5 Å². The second-order valence-electron chi connectivity index (χ2n) is 13.2. The van der Waals surface area contributed by atoms with Crippen LogP contribution < -0.4 is 0 Å². The normalized spacial score (nSPS) is 11.8. The lowest BCUT2D eigenvalue weighted by Crippen LogP contribution is -2.01. The van der Waals surface area contributed by atoms with E-state index in [1.807, 2.05) is 66.7 Å². The zero-order valence-corrected chi connectivity index (χ0v) is 28.4. The summed E-state index contributed by atoms with van der Waals surface area (Å²) in [7, 11) is 0. The van der Waals surface area contributed by atoms with Crippen LogP contribution in [-0.2, 0) is 0 Å². The topological polar surface area (TPSA) is 65.8 Å². The minimum Gasteiger partial charge on any atom is -0.307 e. The second kappa shape index (κ2) is 11.6. The average Bonchev–Trinajstić information content (AvgIpc) is 3.89. The van der Waals surface area contributed by atoms with E-state index < -0.39 is 0 Å². The van der Waals surface area contributed by atoms with Gasteiger partial charge in [0.15, 0.2) is 17.5 Å². The molecule has 7 nitrogen and oxygen atoms in total. The summed E-state index contributed by atoms with van der Waals surface area (Å²) >= 11 is 0. The van der Waals surface area contributed by atoms with Gasteiger partial charge in [-0.05, 0) is 54.6 Å². The molecule has 0 fully saturated rings. The Balaban J connectivity index is 1.18. The largest absolute Gasteiger partial charge is 0.307 e. The van der Waals surface area contributed by atoms with Crippen molar-refractivity contribution >= 4 is 49.7 Å². The Morgan fingerprint density at radius 3 is 1.58 bits per heavy atom. The number of aromatic nitrogens is 7. The average molecular weight is 680 g/mol. The Bertz CT molecular complexity index is 3100. The maximum absolute atomic E-state index is 5.48. The van der Waals surface area contributed by atoms with Crippen LogP contribution in [0.3, 0.4) is 0 Å². The fraction of sp³-hybridized carbons (Fsp3) is 0. The fourth-order valence-electron chi connectivity index (χ4n) is 7.74. The van der Waals surface area contributed by atoms with Crippen LogP contribution in [0.2, 0.25) is 0 Å². The minimum atomic E-state index is 0.613. The molecular formula is C46H29N7. The molecule has 4 heterocycles. The number of fused-ring (bicyclic) bond motifs is 9. The molecule has 0 N–H and O–H groups in total. The van der Waals surface area contributed by atoms with Crippen LogP contribution in [0.1, 0.15) is 0 Å². The van der Waals surface area contributed by atoms with Crippen LogP contribution in [0.5, 0.6) is 0 Å². The SMILES string of the molecule is c1ccc(-c2nc(-c3ccccc3)nc(-c3cccc(-n4c5ccccc5c5ccc6c(nc7n(-c8ccccc8)c8ccccc8n67)c54)c3)n2)cc1. The van der Waals surface area contributed by atoms with E-state index in [1.165, 1.54) is 5.39 Å². The third-order valence-electron chi connectivity index (χ3n) is 10.1. The van der Waals surface area contributed by atoms with Crippen LogP contribution in [0, 0.1) is 0 Å². The van der Waals surface area contributed by atoms with Crippen molar-refractivity contribution in [3.63, 3.8) is 0 Å². The molecule has 0 bridgehead atoms. The summed E-state index contributed by atoms with van der Waals surface area (Å²) in [5.74, 6) is 2.75. The molecule has 7 heteroatoms. The molecule has 0 aliphatic rings. The summed E-state index contributed by atoms with van der Waals surface area (Å²) in [5, 5.41) is 2.31. The fourth-order valence-corrected chi connectivity index (χ4v) is 7.74. The molecule has 0 amide bonds. The molecule has 7 aromatic carbocycles. The standard InChI is InChI=1S/C46H29N7/c1-4-15-30(16-5-1)43-48-44(31-17-6-2-7-18-31)50-45(49-43)32-19-14-22-34(29-32)51-37-24-11-10-23-35(37)36-27-28-40-41(42(36)51)47-46-52(33-20-8-3-9-21-33)38-25-12-13-26-39(38)53(40)46/h1-29H. The van der Waals surface area contributed by atoms with Gasteiger partial charge in [-0.15, -0.1) is 0 Å². The van der Waals surface area contributed by atoms with E-state index >= 15 is 0 Å². The van der Waals surface area contributed by atoms with E-state index in [0.717, 1.165) is 72.3 Å². The van der Waals surface area contributed by atoms with Gasteiger partial charge in [-0.2, -0.15) is 0 Å². The van der Waals surface area contributed by atoms with Crippen molar-refractivity contribution in [3.05, 3.63) is 176 Å². The van der Waals surface area contributed by atoms with E-state index in [0.29, 0.717) is 17.5 Å². The van der Waals surface area contributed by atoms with Crippen molar-refractivity contribution in [2.75, 3.05) is 0 Å². The van der Waals surface area contributed by atoms with Gasteiger partial charge in [0.25, 0.3) is 0 Å². The molecule has 0 radical (unpaired) electrons. The summed E-state index contributed by atoms with van der Waals surface area (Å²) in [6.07, 6.45) is 0. The summed E-state index contributed by atoms with van der Waals surface area (Å²) in [5.41, 5.74) is 11.2. The molecule has 248 valence electrons. The second-order valence-corrected chi connectivity index (χ2v) is 13.2. The van der Waals surface area contributed by atoms with Crippen molar-refractivity contribution < 1.29 is 0 Å². The van der Waals surface area contributed by atoms with E-state index in [1.54, 1.807) is 0 Å². The van der Waals surface area contributed by atoms with Gasteiger partial charge in [-0.25, -0.2) is 19.9 Å². The quantitative estimate of drug-likeness (QED) is 0.182. The molecule has 0 aliphatic heterocycles. The van der Waals surface area contributed by atoms with Gasteiger partial charge < -0.3 is 4.57 Å². The summed E-state index contributed by atoms with van der Waals surface area (Å²) in [6.45, 7) is 0. The van der Waals surface area contributed by atoms with Gasteiger partial charge in [0, 0.05) is 38.8 Å². The van der Waals surface area contributed by atoms with Crippen molar-refractivity contribution in [3.8, 4) is 45.5 Å². The molecule has 0 unspecified atom stereocenters. The van der Waals surface area contributed by atoms with Gasteiger partial charge in [0.2, 0.25) is 5.78 Å². The first kappa shape index (κ1) is 29.4. The number of nitrogens with zero attached hydrogens (tertiary/aromatic N) is 7. The molecule has 0 aliphatic carbocycles. The number of hydrogen-bond donors (Lipinski definition) is 0. The number of hydrogen-bond acceptors (Lipinski definition) is 4. The number of rotatable bonds is 5. The monoisotopic (exact) mass is 679 g/mol. The van der Waals surface area contributed by atoms with E-state index in [4.69, 9.17) is 19.9 Å². The van der Waals surface area contributed by atoms with E-state index in [9.17, 15) is 0 Å². The number of benzene rings is 7. The Hall–Kier alpha value is -7.38. The van der Waals surface area contributed by atoms with Crippen molar-refractivity contribution in [1.82, 2.24) is 33.5 Å². The number of imidazole rings is 2. The predicted molar refractivity (Wildman–Crippen MR) is 214 cm³/mol. The zero-order chi connectivity index (χ0) is 34.9. The van der Waals surface area contributed by atoms with Crippen LogP contribution in [0.15, 0.2) is 176 Å². The maximum Gasteiger partial charge on any atom is 0.220 e. The van der Waals surface area contributed by atoms with Crippen molar-refractivity contribution in [2.24, 2.45) is 0 Å². The molecule has 0 spiro atoms. The first-order valence-electron chi connectivity index (χ1n) is 17.7. The van der Waals surface area contributed by atoms with Gasteiger partial charge in [0.05, 0.1) is 27.6 Å². The zero-order valence-electron chi connectivity index (χ0n) is 28.4. The molecule has 11 aromatic rings. The highest BCUT2D eigenvalue weighted by atomic mass is 15.2. The smallest absolute Gasteiger partial charge is 0.220 e. The Morgan fingerprint density at radius 2 is 0.887 bits per heavy atom. The first-order chi connectivity index (χ1) is 26.3. The number of para-hydroxylation sites is 4. The summed E-state index contributed by atoms with van der Waals surface area (Å²) in [6, 6.07) is 60.7. The molecule has 11 rings (SSSR count). The van der Waals surface area contributed by atoms with Crippen LogP contribution >= 0.6 is 0 Å². The van der Waals surface area contributed by atoms with Gasteiger partial charge in [0.1, 0.15) is 5.52 Å². The Morgan fingerprint density at radius 1 is 0.340 bits per heavy atom. The molecular weight excluding hydrogens is 651 g/mol. The minimum absolute atomic E-state index is 0.613. The summed E-state index contributed by atoms with van der Waals surface area (Å²) in [4.78, 5) is 20.5.